The second-order valence-corrected chi connectivity index (χ2v) is 7.02. The van der Waals surface area contributed by atoms with Crippen LogP contribution in [0.15, 0.2) is 28.8 Å². The second kappa shape index (κ2) is 6.14. The average Bonchev–Trinajstić information content (AvgIpc) is 2.97. The maximum atomic E-state index is 11.7. The van der Waals surface area contributed by atoms with Crippen molar-refractivity contribution < 1.29 is 9.32 Å². The van der Waals surface area contributed by atoms with Crippen molar-refractivity contribution in [2.75, 3.05) is 6.54 Å². The first-order valence-corrected chi connectivity index (χ1v) is 8.17. The Hall–Kier alpha value is -2.17. The van der Waals surface area contributed by atoms with Crippen LogP contribution in [0.2, 0.25) is 0 Å². The van der Waals surface area contributed by atoms with Gasteiger partial charge in [0.05, 0.1) is 5.41 Å². The molecule has 1 N–H and O–H groups in total. The summed E-state index contributed by atoms with van der Waals surface area (Å²) in [5.74, 6) is 1.77. The van der Waals surface area contributed by atoms with E-state index >= 15 is 0 Å². The van der Waals surface area contributed by atoms with E-state index in [0.717, 1.165) is 18.4 Å². The molecule has 1 aromatic carbocycles. The number of amides is 1. The fourth-order valence-corrected chi connectivity index (χ4v) is 3.10. The molecular formula is C18H23N3O2. The van der Waals surface area contributed by atoms with Gasteiger partial charge in [0.25, 0.3) is 0 Å². The molecule has 1 amide bonds. The molecule has 2 aromatic rings. The number of carbonyl (C=O) groups excluding carboxylic acids is 1. The summed E-state index contributed by atoms with van der Waals surface area (Å²) >= 11 is 0. The lowest BCUT2D eigenvalue weighted by Gasteiger charge is -2.29. The average molecular weight is 313 g/mol. The van der Waals surface area contributed by atoms with E-state index in [9.17, 15) is 4.79 Å². The van der Waals surface area contributed by atoms with Gasteiger partial charge in [0.15, 0.2) is 0 Å². The van der Waals surface area contributed by atoms with Crippen LogP contribution < -0.4 is 5.32 Å². The van der Waals surface area contributed by atoms with Crippen LogP contribution in [0.5, 0.6) is 0 Å². The van der Waals surface area contributed by atoms with Gasteiger partial charge in [-0.05, 0) is 24.3 Å². The highest BCUT2D eigenvalue weighted by Gasteiger charge is 2.38. The summed E-state index contributed by atoms with van der Waals surface area (Å²) in [5, 5.41) is 7.03. The minimum absolute atomic E-state index is 0.0405. The van der Waals surface area contributed by atoms with Gasteiger partial charge in [-0.25, -0.2) is 0 Å². The molecule has 1 saturated heterocycles. The van der Waals surface area contributed by atoms with Crippen molar-refractivity contribution in [3.8, 4) is 11.4 Å². The zero-order chi connectivity index (χ0) is 16.4. The van der Waals surface area contributed by atoms with Gasteiger partial charge in [-0.2, -0.15) is 4.98 Å². The maximum absolute atomic E-state index is 11.7. The van der Waals surface area contributed by atoms with Crippen LogP contribution in [0.1, 0.15) is 45.1 Å². The van der Waals surface area contributed by atoms with E-state index in [1.54, 1.807) is 0 Å². The van der Waals surface area contributed by atoms with Crippen LogP contribution in [0.3, 0.4) is 0 Å². The maximum Gasteiger partial charge on any atom is 0.233 e. The van der Waals surface area contributed by atoms with Crippen LogP contribution in [-0.2, 0) is 16.6 Å². The standard InChI is InChI=1S/C18H23N3O2/c1-12(2)10-13-6-4-5-7-14(13)16-20-17(23-21-16)18(3)8-9-19-15(22)11-18/h4-7,12H,8-11H2,1-3H3,(H,19,22). The molecule has 5 nitrogen and oxygen atoms in total. The van der Waals surface area contributed by atoms with Gasteiger partial charge in [-0.15, -0.1) is 0 Å². The smallest absolute Gasteiger partial charge is 0.233 e. The summed E-state index contributed by atoms with van der Waals surface area (Å²) in [6.45, 7) is 7.06. The van der Waals surface area contributed by atoms with E-state index in [1.165, 1.54) is 5.56 Å². The molecular weight excluding hydrogens is 290 g/mol. The van der Waals surface area contributed by atoms with E-state index in [4.69, 9.17) is 4.52 Å². The van der Waals surface area contributed by atoms with Gasteiger partial charge in [-0.3, -0.25) is 4.79 Å². The highest BCUT2D eigenvalue weighted by atomic mass is 16.5. The molecule has 1 aliphatic rings. The normalized spacial score (nSPS) is 21.5. The Kier molecular flexibility index (Phi) is 4.20. The lowest BCUT2D eigenvalue weighted by molar-refractivity contribution is -0.124. The fourth-order valence-electron chi connectivity index (χ4n) is 3.10. The van der Waals surface area contributed by atoms with E-state index in [1.807, 2.05) is 25.1 Å². The van der Waals surface area contributed by atoms with Crippen LogP contribution in [0, 0.1) is 5.92 Å². The zero-order valence-electron chi connectivity index (χ0n) is 13.9. The third-order valence-corrected chi connectivity index (χ3v) is 4.38. The van der Waals surface area contributed by atoms with Gasteiger partial charge in [0, 0.05) is 18.5 Å². The molecule has 0 saturated carbocycles. The first-order valence-electron chi connectivity index (χ1n) is 8.17. The van der Waals surface area contributed by atoms with Crippen LogP contribution in [0.25, 0.3) is 11.4 Å². The molecule has 1 unspecified atom stereocenters. The van der Waals surface area contributed by atoms with Gasteiger partial charge in [0.2, 0.25) is 17.6 Å². The Bertz CT molecular complexity index is 708. The van der Waals surface area contributed by atoms with Gasteiger partial charge < -0.3 is 9.84 Å². The molecule has 0 aliphatic carbocycles. The molecule has 1 atom stereocenters. The molecule has 0 bridgehead atoms. The lowest BCUT2D eigenvalue weighted by Crippen LogP contribution is -2.41. The number of rotatable bonds is 4. The molecule has 1 aromatic heterocycles. The number of aromatic nitrogens is 2. The summed E-state index contributed by atoms with van der Waals surface area (Å²) in [7, 11) is 0. The minimum Gasteiger partial charge on any atom is -0.356 e. The zero-order valence-corrected chi connectivity index (χ0v) is 13.9. The van der Waals surface area contributed by atoms with Crippen molar-refractivity contribution in [3.63, 3.8) is 0 Å². The largest absolute Gasteiger partial charge is 0.356 e. The quantitative estimate of drug-likeness (QED) is 0.941. The third kappa shape index (κ3) is 3.28. The SMILES string of the molecule is CC(C)Cc1ccccc1-c1noc(C2(C)CCNC(=O)C2)n1. The fraction of sp³-hybridized carbons (Fsp3) is 0.500. The minimum atomic E-state index is -0.374. The third-order valence-electron chi connectivity index (χ3n) is 4.38. The van der Waals surface area contributed by atoms with Crippen LogP contribution in [-0.4, -0.2) is 22.6 Å². The summed E-state index contributed by atoms with van der Waals surface area (Å²) in [6.07, 6.45) is 2.18. The summed E-state index contributed by atoms with van der Waals surface area (Å²) in [5.41, 5.74) is 1.86. The second-order valence-electron chi connectivity index (χ2n) is 7.02. The first-order chi connectivity index (χ1) is 11.0. The van der Waals surface area contributed by atoms with Gasteiger partial charge in [0.1, 0.15) is 0 Å². The number of hydrogen-bond donors (Lipinski definition) is 1. The summed E-state index contributed by atoms with van der Waals surface area (Å²) in [6, 6.07) is 8.17. The molecule has 0 spiro atoms. The van der Waals surface area contributed by atoms with Crippen LogP contribution >= 0.6 is 0 Å². The lowest BCUT2D eigenvalue weighted by atomic mass is 9.80. The Balaban J connectivity index is 1.92. The molecule has 1 aliphatic heterocycles. The van der Waals surface area contributed by atoms with Crippen molar-refractivity contribution in [2.24, 2.45) is 5.92 Å². The molecule has 1 fully saturated rings. The molecule has 23 heavy (non-hydrogen) atoms. The van der Waals surface area contributed by atoms with Crippen molar-refractivity contribution in [3.05, 3.63) is 35.7 Å². The van der Waals surface area contributed by atoms with Crippen molar-refractivity contribution in [1.82, 2.24) is 15.5 Å². The predicted molar refractivity (Wildman–Crippen MR) is 87.9 cm³/mol. The van der Waals surface area contributed by atoms with Crippen molar-refractivity contribution in [1.29, 1.82) is 0 Å². The first kappa shape index (κ1) is 15.7. The van der Waals surface area contributed by atoms with Gasteiger partial charge in [-0.1, -0.05) is 50.2 Å². The van der Waals surface area contributed by atoms with Crippen LogP contribution in [0.4, 0.5) is 0 Å². The number of piperidine rings is 1. The molecule has 3 rings (SSSR count). The van der Waals surface area contributed by atoms with E-state index in [2.05, 4.69) is 35.4 Å². The Labute approximate surface area is 136 Å². The summed E-state index contributed by atoms with van der Waals surface area (Å²) in [4.78, 5) is 16.3. The molecule has 122 valence electrons. The topological polar surface area (TPSA) is 68.0 Å². The number of hydrogen-bond acceptors (Lipinski definition) is 4. The van der Waals surface area contributed by atoms with Gasteiger partial charge >= 0.3 is 0 Å². The molecule has 2 heterocycles. The number of nitrogens with zero attached hydrogens (tertiary/aromatic N) is 2. The predicted octanol–water partition coefficient (Wildman–Crippen LogP) is 3.10. The Morgan fingerprint density at radius 3 is 2.87 bits per heavy atom. The highest BCUT2D eigenvalue weighted by molar-refractivity contribution is 5.78. The molecule has 5 heteroatoms. The Morgan fingerprint density at radius 1 is 1.35 bits per heavy atom. The number of nitrogens with one attached hydrogen (secondary N) is 1. The molecule has 0 radical (unpaired) electrons. The monoisotopic (exact) mass is 313 g/mol. The number of carbonyl (C=O) groups is 1. The van der Waals surface area contributed by atoms with E-state index < -0.39 is 0 Å². The number of benzene rings is 1. The highest BCUT2D eigenvalue weighted by Crippen LogP contribution is 2.33. The summed E-state index contributed by atoms with van der Waals surface area (Å²) < 4.78 is 5.53. The van der Waals surface area contributed by atoms with E-state index in [0.29, 0.717) is 30.6 Å². The van der Waals surface area contributed by atoms with Crippen molar-refractivity contribution in [2.45, 2.75) is 45.4 Å². The van der Waals surface area contributed by atoms with E-state index in [-0.39, 0.29) is 11.3 Å². The van der Waals surface area contributed by atoms with Crippen molar-refractivity contribution >= 4 is 5.91 Å². The Morgan fingerprint density at radius 2 is 2.13 bits per heavy atom.